The Kier molecular flexibility index (Phi) is 19.4. The van der Waals surface area contributed by atoms with Crippen molar-refractivity contribution in [2.45, 2.75) is 206 Å². The molecule has 1 aromatic rings. The van der Waals surface area contributed by atoms with Crippen LogP contribution in [0.2, 0.25) is 54.4 Å². The lowest BCUT2D eigenvalue weighted by molar-refractivity contribution is -0.363. The average Bonchev–Trinajstić information content (AvgIpc) is 3.11. The third kappa shape index (κ3) is 13.6. The third-order valence-corrected chi connectivity index (χ3v) is 27.9. The zero-order chi connectivity index (χ0) is 44.7. The molecule has 1 heterocycles. The van der Waals surface area contributed by atoms with Crippen molar-refractivity contribution in [1.82, 2.24) is 0 Å². The molecule has 0 aromatic heterocycles. The SMILES string of the molecule is CO[C@@H](CCCC[C@H](O[Si](C)(C)C(C)(C)C)c1ccccc1)[C@@H](/C=C/[C@H](C)[C@@H]1O[C@](O)([C@H](C)CO[Si](C)(C)C(C)(C)C)[C@H](OC)[C@@H](O[Si](C)(C)C(C)(C)C)[C@@H]1C)OC. The number of methoxy groups -OCH3 is 3. The molecule has 58 heavy (non-hydrogen) atoms. The number of aliphatic hydroxyl groups is 1. The summed E-state index contributed by atoms with van der Waals surface area (Å²) in [6.45, 7) is 40.7. The number of benzene rings is 1. The lowest BCUT2D eigenvalue weighted by Gasteiger charge is -2.55. The summed E-state index contributed by atoms with van der Waals surface area (Å²) in [6, 6.07) is 10.7. The number of ether oxygens (including phenoxy) is 4. The van der Waals surface area contributed by atoms with Crippen molar-refractivity contribution in [1.29, 1.82) is 0 Å². The van der Waals surface area contributed by atoms with Crippen LogP contribution >= 0.6 is 0 Å². The largest absolute Gasteiger partial charge is 0.416 e. The average molecular weight is 867 g/mol. The van der Waals surface area contributed by atoms with E-state index in [-0.39, 0.29) is 63.4 Å². The lowest BCUT2D eigenvalue weighted by Crippen LogP contribution is -2.68. The minimum atomic E-state index is -2.28. The molecular formula is C47H90O8Si3. The Morgan fingerprint density at radius 1 is 0.759 bits per heavy atom. The Balaban J connectivity index is 2.33. The molecule has 1 aliphatic heterocycles. The summed E-state index contributed by atoms with van der Waals surface area (Å²) < 4.78 is 46.1. The van der Waals surface area contributed by atoms with Crippen LogP contribution in [0, 0.1) is 17.8 Å². The van der Waals surface area contributed by atoms with Crippen molar-refractivity contribution in [3.8, 4) is 0 Å². The fourth-order valence-corrected chi connectivity index (χ4v) is 10.9. The van der Waals surface area contributed by atoms with Gasteiger partial charge in [0.1, 0.15) is 12.2 Å². The Hall–Kier alpha value is -0.709. The topological polar surface area (TPSA) is 84.8 Å². The second-order valence-corrected chi connectivity index (χ2v) is 36.3. The highest BCUT2D eigenvalue weighted by atomic mass is 28.4. The van der Waals surface area contributed by atoms with E-state index in [9.17, 15) is 5.11 Å². The van der Waals surface area contributed by atoms with Gasteiger partial charge in [0, 0.05) is 45.7 Å². The molecule has 8 nitrogen and oxygen atoms in total. The molecule has 0 aliphatic carbocycles. The van der Waals surface area contributed by atoms with Gasteiger partial charge >= 0.3 is 0 Å². The van der Waals surface area contributed by atoms with E-state index in [1.54, 1.807) is 21.3 Å². The van der Waals surface area contributed by atoms with E-state index in [0.717, 1.165) is 25.7 Å². The van der Waals surface area contributed by atoms with Gasteiger partial charge in [-0.3, -0.25) is 0 Å². The van der Waals surface area contributed by atoms with Gasteiger partial charge in [-0.25, -0.2) is 0 Å². The van der Waals surface area contributed by atoms with Crippen LogP contribution in [-0.4, -0.2) is 94.3 Å². The quantitative estimate of drug-likeness (QED) is 0.0743. The molecule has 1 fully saturated rings. The summed E-state index contributed by atoms with van der Waals surface area (Å²) in [5.41, 5.74) is 1.25. The highest BCUT2D eigenvalue weighted by Gasteiger charge is 2.59. The van der Waals surface area contributed by atoms with Crippen LogP contribution in [-0.2, 0) is 32.2 Å². The van der Waals surface area contributed by atoms with Crippen LogP contribution in [0.25, 0.3) is 0 Å². The highest BCUT2D eigenvalue weighted by molar-refractivity contribution is 6.75. The van der Waals surface area contributed by atoms with E-state index >= 15 is 0 Å². The predicted octanol–water partition coefficient (Wildman–Crippen LogP) is 12.3. The highest BCUT2D eigenvalue weighted by Crippen LogP contribution is 2.47. The summed E-state index contributed by atoms with van der Waals surface area (Å²) in [5, 5.41) is 12.9. The molecule has 10 atom stereocenters. The van der Waals surface area contributed by atoms with E-state index in [1.165, 1.54) is 5.56 Å². The molecule has 0 unspecified atom stereocenters. The third-order valence-electron chi connectivity index (χ3n) is 14.4. The van der Waals surface area contributed by atoms with Crippen molar-refractivity contribution >= 4 is 25.0 Å². The van der Waals surface area contributed by atoms with Gasteiger partial charge < -0.3 is 37.3 Å². The van der Waals surface area contributed by atoms with Crippen molar-refractivity contribution in [3.05, 3.63) is 48.0 Å². The number of hydrogen-bond acceptors (Lipinski definition) is 8. The van der Waals surface area contributed by atoms with E-state index in [2.05, 4.69) is 158 Å². The molecule has 1 aromatic carbocycles. The van der Waals surface area contributed by atoms with Gasteiger partial charge in [-0.05, 0) is 72.8 Å². The molecule has 1 N–H and O–H groups in total. The van der Waals surface area contributed by atoms with Gasteiger partial charge in [0.05, 0.1) is 24.4 Å². The second-order valence-electron chi connectivity index (χ2n) is 21.9. The van der Waals surface area contributed by atoms with Crippen molar-refractivity contribution in [2.75, 3.05) is 27.9 Å². The Bertz CT molecular complexity index is 1380. The normalized spacial score (nSPS) is 25.8. The number of unbranched alkanes of at least 4 members (excludes halogenated alkanes) is 1. The first-order valence-electron chi connectivity index (χ1n) is 22.1. The van der Waals surface area contributed by atoms with Gasteiger partial charge in [-0.15, -0.1) is 0 Å². The van der Waals surface area contributed by atoms with Crippen molar-refractivity contribution in [3.63, 3.8) is 0 Å². The van der Waals surface area contributed by atoms with Gasteiger partial charge in [0.2, 0.25) is 0 Å². The molecule has 1 aliphatic rings. The molecule has 0 radical (unpaired) electrons. The summed E-state index contributed by atoms with van der Waals surface area (Å²) in [4.78, 5) is 0. The molecule has 0 spiro atoms. The minimum Gasteiger partial charge on any atom is -0.416 e. The lowest BCUT2D eigenvalue weighted by atomic mass is 9.78. The maximum atomic E-state index is 12.7. The Labute approximate surface area is 360 Å². The second kappa shape index (κ2) is 21.1. The smallest absolute Gasteiger partial charge is 0.199 e. The molecule has 2 rings (SSSR count). The van der Waals surface area contributed by atoms with Crippen LogP contribution in [0.15, 0.2) is 42.5 Å². The van der Waals surface area contributed by atoms with Crippen LogP contribution in [0.4, 0.5) is 0 Å². The number of rotatable bonds is 21. The first kappa shape index (κ1) is 53.4. The van der Waals surface area contributed by atoms with Crippen molar-refractivity contribution < 1.29 is 37.3 Å². The van der Waals surface area contributed by atoms with Gasteiger partial charge in [-0.2, -0.15) is 0 Å². The molecule has 338 valence electrons. The number of hydrogen-bond donors (Lipinski definition) is 1. The van der Waals surface area contributed by atoms with Crippen molar-refractivity contribution in [2.24, 2.45) is 17.8 Å². The summed E-state index contributed by atoms with van der Waals surface area (Å²) in [5.74, 6) is -2.16. The Morgan fingerprint density at radius 3 is 1.78 bits per heavy atom. The summed E-state index contributed by atoms with van der Waals surface area (Å²) in [6.07, 6.45) is 6.39. The summed E-state index contributed by atoms with van der Waals surface area (Å²) >= 11 is 0. The molecule has 11 heteroatoms. The zero-order valence-electron chi connectivity index (χ0n) is 41.1. The molecule has 0 saturated carbocycles. The van der Waals surface area contributed by atoms with Gasteiger partial charge in [-0.1, -0.05) is 138 Å². The fourth-order valence-electron chi connectivity index (χ4n) is 7.07. The van der Waals surface area contributed by atoms with Crippen LogP contribution < -0.4 is 0 Å². The molecule has 1 saturated heterocycles. The van der Waals surface area contributed by atoms with E-state index in [0.29, 0.717) is 6.61 Å². The van der Waals surface area contributed by atoms with E-state index in [4.69, 9.17) is 32.2 Å². The molecule has 0 amide bonds. The van der Waals surface area contributed by atoms with Crippen LogP contribution in [0.3, 0.4) is 0 Å². The van der Waals surface area contributed by atoms with Crippen LogP contribution in [0.1, 0.15) is 120 Å². The first-order chi connectivity index (χ1) is 26.4. The monoisotopic (exact) mass is 867 g/mol. The van der Waals surface area contributed by atoms with E-state index < -0.39 is 36.8 Å². The zero-order valence-corrected chi connectivity index (χ0v) is 44.1. The fraction of sp³-hybridized carbons (Fsp3) is 0.830. The standard InChI is InChI=1S/C47H90O8Si3/c1-34(31-32-40(50-14)39(49-13)30-26-25-29-38(37-27-23-22-24-28-37)54-57(18,19)45(7,8)9)41-36(3)42(55-58(20,21)46(10,11)12)43(51-15)47(48,53-41)35(2)33-52-56(16,17)44(4,5)6/h22-24,27-28,31-32,34-36,38-43,48H,25-26,29-30,33H2,1-21H3/b32-31+/t34-,35+,36+,38-,39-,40+,41-,42-,43+,47+/m0/s1. The maximum absolute atomic E-state index is 12.7. The molecule has 0 bridgehead atoms. The molecular weight excluding hydrogens is 777 g/mol. The van der Waals surface area contributed by atoms with Gasteiger partial charge in [0.25, 0.3) is 0 Å². The maximum Gasteiger partial charge on any atom is 0.199 e. The summed E-state index contributed by atoms with van der Waals surface area (Å²) in [7, 11) is -1.16. The predicted molar refractivity (Wildman–Crippen MR) is 250 cm³/mol. The minimum absolute atomic E-state index is 0.0272. The Morgan fingerprint density at radius 2 is 1.29 bits per heavy atom. The van der Waals surface area contributed by atoms with Gasteiger partial charge in [0.15, 0.2) is 30.7 Å². The van der Waals surface area contributed by atoms with E-state index in [1.807, 2.05) is 6.92 Å². The van der Waals surface area contributed by atoms with Crippen LogP contribution in [0.5, 0.6) is 0 Å². The first-order valence-corrected chi connectivity index (χ1v) is 30.8.